The lowest BCUT2D eigenvalue weighted by Crippen LogP contribution is -2.31. The van der Waals surface area contributed by atoms with E-state index < -0.39 is 6.23 Å². The molecule has 0 bridgehead atoms. The molecule has 0 rings (SSSR count). The third kappa shape index (κ3) is 3.05. The summed E-state index contributed by atoms with van der Waals surface area (Å²) in [6.07, 6.45) is -0.704. The molecule has 54 valence electrons. The molecule has 0 aromatic rings. The number of aliphatic hydroxyl groups excluding tert-OH is 1. The van der Waals surface area contributed by atoms with Gasteiger partial charge in [-0.25, -0.2) is 0 Å². The molecule has 2 N–H and O–H groups in total. The monoisotopic (exact) mass is 132 g/mol. The molecule has 0 aromatic carbocycles. The highest BCUT2D eigenvalue weighted by Gasteiger charge is 2.02. The molecule has 0 amide bonds. The van der Waals surface area contributed by atoms with Gasteiger partial charge in [-0.3, -0.25) is 5.32 Å². The van der Waals surface area contributed by atoms with Crippen molar-refractivity contribution in [3.05, 3.63) is 0 Å². The molecular formula is C5H12N2O2. The van der Waals surface area contributed by atoms with Crippen LogP contribution in [0.4, 0.5) is 0 Å². The van der Waals surface area contributed by atoms with E-state index in [-0.39, 0.29) is 0 Å². The van der Waals surface area contributed by atoms with E-state index >= 15 is 0 Å². The van der Waals surface area contributed by atoms with Crippen molar-refractivity contribution < 1.29 is 9.94 Å². The molecule has 1 unspecified atom stereocenters. The van der Waals surface area contributed by atoms with Crippen LogP contribution in [0.25, 0.3) is 0 Å². The minimum absolute atomic E-state index is 0.514. The zero-order valence-electron chi connectivity index (χ0n) is 5.88. The molecular weight excluding hydrogens is 120 g/mol. The van der Waals surface area contributed by atoms with E-state index in [1.807, 2.05) is 0 Å². The van der Waals surface area contributed by atoms with Crippen LogP contribution in [0.2, 0.25) is 0 Å². The van der Waals surface area contributed by atoms with Crippen molar-refractivity contribution in [2.75, 3.05) is 14.2 Å². The fourth-order valence-corrected chi connectivity index (χ4v) is 0.403. The van der Waals surface area contributed by atoms with Gasteiger partial charge in [0.05, 0.1) is 5.71 Å². The molecule has 0 saturated heterocycles. The molecule has 4 nitrogen and oxygen atoms in total. The van der Waals surface area contributed by atoms with Gasteiger partial charge in [-0.05, 0) is 14.0 Å². The normalized spacial score (nSPS) is 15.3. The Morgan fingerprint density at radius 1 is 1.78 bits per heavy atom. The van der Waals surface area contributed by atoms with Gasteiger partial charge < -0.3 is 9.94 Å². The first kappa shape index (κ1) is 8.39. The van der Waals surface area contributed by atoms with Gasteiger partial charge >= 0.3 is 0 Å². The molecule has 0 saturated carbocycles. The standard InChI is InChI=1S/C5H12N2O2/c1-4(7-9-3)5(8)6-2/h5-6,8H,1-3H3/b7-4+. The first-order chi connectivity index (χ1) is 4.22. The van der Waals surface area contributed by atoms with Crippen LogP contribution in [0.5, 0.6) is 0 Å². The molecule has 0 aliphatic carbocycles. The summed E-state index contributed by atoms with van der Waals surface area (Å²) in [6, 6.07) is 0. The summed E-state index contributed by atoms with van der Waals surface area (Å²) >= 11 is 0. The summed E-state index contributed by atoms with van der Waals surface area (Å²) in [7, 11) is 3.07. The quantitative estimate of drug-likeness (QED) is 0.310. The van der Waals surface area contributed by atoms with Crippen molar-refractivity contribution in [1.82, 2.24) is 5.32 Å². The van der Waals surface area contributed by atoms with Gasteiger partial charge in [0.1, 0.15) is 13.3 Å². The molecule has 0 radical (unpaired) electrons. The average molecular weight is 132 g/mol. The van der Waals surface area contributed by atoms with Gasteiger partial charge in [-0.2, -0.15) is 0 Å². The smallest absolute Gasteiger partial charge is 0.147 e. The predicted molar refractivity (Wildman–Crippen MR) is 35.2 cm³/mol. The van der Waals surface area contributed by atoms with Crippen LogP contribution in [-0.4, -0.2) is 31.2 Å². The highest BCUT2D eigenvalue weighted by atomic mass is 16.6. The van der Waals surface area contributed by atoms with E-state index in [1.54, 1.807) is 14.0 Å². The van der Waals surface area contributed by atoms with Crippen LogP contribution >= 0.6 is 0 Å². The Balaban J connectivity index is 3.70. The van der Waals surface area contributed by atoms with Crippen LogP contribution in [0.3, 0.4) is 0 Å². The van der Waals surface area contributed by atoms with Crippen LogP contribution < -0.4 is 5.32 Å². The summed E-state index contributed by atoms with van der Waals surface area (Å²) in [5.74, 6) is 0. The van der Waals surface area contributed by atoms with Crippen LogP contribution in [-0.2, 0) is 4.84 Å². The molecule has 9 heavy (non-hydrogen) atoms. The molecule has 0 heterocycles. The second kappa shape index (κ2) is 4.29. The number of hydrogen-bond acceptors (Lipinski definition) is 4. The fraction of sp³-hybridized carbons (Fsp3) is 0.800. The van der Waals surface area contributed by atoms with E-state index in [0.717, 1.165) is 0 Å². The number of hydrogen-bond donors (Lipinski definition) is 2. The number of aliphatic hydroxyl groups is 1. The van der Waals surface area contributed by atoms with Gasteiger partial charge in [-0.15, -0.1) is 0 Å². The third-order valence-corrected chi connectivity index (χ3v) is 0.904. The Bertz CT molecular complexity index is 103. The van der Waals surface area contributed by atoms with Gasteiger partial charge in [0, 0.05) is 0 Å². The summed E-state index contributed by atoms with van der Waals surface area (Å²) in [6.45, 7) is 1.67. The number of nitrogens with one attached hydrogen (secondary N) is 1. The zero-order chi connectivity index (χ0) is 7.28. The van der Waals surface area contributed by atoms with E-state index in [9.17, 15) is 0 Å². The van der Waals surface area contributed by atoms with Crippen LogP contribution in [0.1, 0.15) is 6.92 Å². The first-order valence-corrected chi connectivity index (χ1v) is 2.65. The molecule has 0 spiro atoms. The van der Waals surface area contributed by atoms with E-state index in [1.165, 1.54) is 7.11 Å². The topological polar surface area (TPSA) is 53.8 Å². The highest BCUT2D eigenvalue weighted by Crippen LogP contribution is 1.82. The van der Waals surface area contributed by atoms with E-state index in [2.05, 4.69) is 15.3 Å². The van der Waals surface area contributed by atoms with Gasteiger partial charge in [0.25, 0.3) is 0 Å². The molecule has 1 atom stereocenters. The van der Waals surface area contributed by atoms with E-state index in [0.29, 0.717) is 5.71 Å². The molecule has 4 heteroatoms. The predicted octanol–water partition coefficient (Wildman–Crippen LogP) is -0.454. The Morgan fingerprint density at radius 2 is 2.33 bits per heavy atom. The second-order valence-electron chi connectivity index (χ2n) is 1.61. The van der Waals surface area contributed by atoms with Crippen molar-refractivity contribution >= 4 is 5.71 Å². The third-order valence-electron chi connectivity index (χ3n) is 0.904. The van der Waals surface area contributed by atoms with Crippen molar-refractivity contribution in [3.8, 4) is 0 Å². The van der Waals surface area contributed by atoms with Crippen molar-refractivity contribution in [2.45, 2.75) is 13.2 Å². The molecule has 0 aromatic heterocycles. The van der Waals surface area contributed by atoms with Crippen molar-refractivity contribution in [2.24, 2.45) is 5.16 Å². The molecule has 0 fully saturated rings. The van der Waals surface area contributed by atoms with Gasteiger partial charge in [0.2, 0.25) is 0 Å². The fourth-order valence-electron chi connectivity index (χ4n) is 0.403. The molecule has 0 aliphatic heterocycles. The lowest BCUT2D eigenvalue weighted by Gasteiger charge is -2.05. The minimum atomic E-state index is -0.704. The molecule has 0 aliphatic rings. The average Bonchev–Trinajstić information content (AvgIpc) is 1.87. The van der Waals surface area contributed by atoms with Crippen LogP contribution in [0, 0.1) is 0 Å². The Kier molecular flexibility index (Phi) is 4.00. The Labute approximate surface area is 54.5 Å². The summed E-state index contributed by atoms with van der Waals surface area (Å²) in [5, 5.41) is 15.0. The van der Waals surface area contributed by atoms with Crippen molar-refractivity contribution in [3.63, 3.8) is 0 Å². The Morgan fingerprint density at radius 3 is 2.67 bits per heavy atom. The number of nitrogens with zero attached hydrogens (tertiary/aromatic N) is 1. The maximum atomic E-state index is 8.94. The van der Waals surface area contributed by atoms with Crippen LogP contribution in [0.15, 0.2) is 5.16 Å². The van der Waals surface area contributed by atoms with Gasteiger partial charge in [0.15, 0.2) is 0 Å². The second-order valence-corrected chi connectivity index (χ2v) is 1.61. The Hall–Kier alpha value is -0.610. The number of oxime groups is 1. The van der Waals surface area contributed by atoms with Gasteiger partial charge in [-0.1, -0.05) is 5.16 Å². The SMILES string of the molecule is CNC(O)/C(C)=N/OC. The lowest BCUT2D eigenvalue weighted by molar-refractivity contribution is 0.183. The lowest BCUT2D eigenvalue weighted by atomic mass is 10.4. The largest absolute Gasteiger partial charge is 0.399 e. The first-order valence-electron chi connectivity index (χ1n) is 2.65. The summed E-state index contributed by atoms with van der Waals surface area (Å²) in [4.78, 5) is 4.41. The number of rotatable bonds is 3. The van der Waals surface area contributed by atoms with E-state index in [4.69, 9.17) is 5.11 Å². The summed E-state index contributed by atoms with van der Waals surface area (Å²) in [5.41, 5.74) is 0.514. The maximum Gasteiger partial charge on any atom is 0.147 e. The minimum Gasteiger partial charge on any atom is -0.399 e. The summed E-state index contributed by atoms with van der Waals surface area (Å²) < 4.78 is 0. The highest BCUT2D eigenvalue weighted by molar-refractivity contribution is 5.85. The van der Waals surface area contributed by atoms with Crippen molar-refractivity contribution in [1.29, 1.82) is 0 Å². The maximum absolute atomic E-state index is 8.94. The zero-order valence-corrected chi connectivity index (χ0v) is 5.88.